The molecule has 0 saturated heterocycles. The molecule has 0 unspecified atom stereocenters. The summed E-state index contributed by atoms with van der Waals surface area (Å²) in [5, 5.41) is 0.162. The fourth-order valence-corrected chi connectivity index (χ4v) is 2.81. The molecule has 0 bridgehead atoms. The first-order chi connectivity index (χ1) is 8.66. The van der Waals surface area contributed by atoms with E-state index in [0.29, 0.717) is 5.57 Å². The molecular formula is C16H32O3Si. The van der Waals surface area contributed by atoms with Crippen LogP contribution in [0.3, 0.4) is 0 Å². The lowest BCUT2D eigenvalue weighted by atomic mass is 10.2. The minimum absolute atomic E-state index is 0.0802. The number of hydrogen-bond donors (Lipinski definition) is 0. The van der Waals surface area contributed by atoms with Crippen molar-refractivity contribution < 1.29 is 14.0 Å². The fourth-order valence-electron chi connectivity index (χ4n) is 1.45. The highest BCUT2D eigenvalue weighted by Crippen LogP contribution is 2.37. The van der Waals surface area contributed by atoms with Gasteiger partial charge in [0.15, 0.2) is 8.32 Å². The van der Waals surface area contributed by atoms with Gasteiger partial charge in [0.1, 0.15) is 5.60 Å². The van der Waals surface area contributed by atoms with Crippen molar-refractivity contribution in [1.29, 1.82) is 0 Å². The summed E-state index contributed by atoms with van der Waals surface area (Å²) < 4.78 is 11.6. The SMILES string of the molecule is C/C(=C\[C@H](C)O[Si](C)(C)C(C)(C)C)C(=O)OC(C)(C)C. The van der Waals surface area contributed by atoms with Gasteiger partial charge in [-0.1, -0.05) is 20.8 Å². The van der Waals surface area contributed by atoms with E-state index in [9.17, 15) is 4.79 Å². The number of carbonyl (C=O) groups excluding carboxylic acids is 1. The van der Waals surface area contributed by atoms with E-state index in [-0.39, 0.29) is 17.1 Å². The Balaban J connectivity index is 4.78. The summed E-state index contributed by atoms with van der Waals surface area (Å²) >= 11 is 0. The molecule has 0 heterocycles. The number of ether oxygens (including phenoxy) is 1. The van der Waals surface area contributed by atoms with Crippen LogP contribution in [0.5, 0.6) is 0 Å². The third-order valence-corrected chi connectivity index (χ3v) is 8.07. The van der Waals surface area contributed by atoms with Gasteiger partial charge < -0.3 is 9.16 Å². The van der Waals surface area contributed by atoms with E-state index in [1.54, 1.807) is 6.92 Å². The van der Waals surface area contributed by atoms with Gasteiger partial charge >= 0.3 is 5.97 Å². The van der Waals surface area contributed by atoms with E-state index < -0.39 is 13.9 Å². The zero-order chi connectivity index (χ0) is 16.4. The highest BCUT2D eigenvalue weighted by molar-refractivity contribution is 6.74. The average Bonchev–Trinajstić information content (AvgIpc) is 2.11. The van der Waals surface area contributed by atoms with Gasteiger partial charge in [0.05, 0.1) is 6.10 Å². The lowest BCUT2D eigenvalue weighted by Crippen LogP contribution is -2.43. The van der Waals surface area contributed by atoms with Gasteiger partial charge in [0, 0.05) is 5.57 Å². The third kappa shape index (κ3) is 6.71. The largest absolute Gasteiger partial charge is 0.457 e. The minimum atomic E-state index is -1.81. The second-order valence-corrected chi connectivity index (χ2v) is 12.7. The Bertz CT molecular complexity index is 370. The molecule has 0 amide bonds. The summed E-state index contributed by atoms with van der Waals surface area (Å²) in [6.07, 6.45) is 1.78. The average molecular weight is 301 g/mol. The maximum absolute atomic E-state index is 11.9. The van der Waals surface area contributed by atoms with E-state index in [4.69, 9.17) is 9.16 Å². The molecule has 3 nitrogen and oxygen atoms in total. The monoisotopic (exact) mass is 300 g/mol. The van der Waals surface area contributed by atoms with Gasteiger partial charge in [-0.3, -0.25) is 0 Å². The molecule has 0 N–H and O–H groups in total. The van der Waals surface area contributed by atoms with Crippen LogP contribution in [0.25, 0.3) is 0 Å². The van der Waals surface area contributed by atoms with Crippen molar-refractivity contribution in [2.75, 3.05) is 0 Å². The molecule has 0 rings (SSSR count). The summed E-state index contributed by atoms with van der Waals surface area (Å²) in [7, 11) is -1.81. The first kappa shape index (κ1) is 19.4. The van der Waals surface area contributed by atoms with Gasteiger partial charge in [-0.25, -0.2) is 4.79 Å². The molecule has 118 valence electrons. The maximum Gasteiger partial charge on any atom is 0.334 e. The Morgan fingerprint density at radius 2 is 1.55 bits per heavy atom. The van der Waals surface area contributed by atoms with Gasteiger partial charge in [0.25, 0.3) is 0 Å². The van der Waals surface area contributed by atoms with Crippen molar-refractivity contribution in [1.82, 2.24) is 0 Å². The first-order valence-corrected chi connectivity index (χ1v) is 10.2. The molecule has 0 aliphatic heterocycles. The van der Waals surface area contributed by atoms with Crippen LogP contribution < -0.4 is 0 Å². The highest BCUT2D eigenvalue weighted by Gasteiger charge is 2.38. The first-order valence-electron chi connectivity index (χ1n) is 7.25. The van der Waals surface area contributed by atoms with Crippen LogP contribution in [0.2, 0.25) is 18.1 Å². The van der Waals surface area contributed by atoms with Crippen LogP contribution in [-0.4, -0.2) is 26.0 Å². The van der Waals surface area contributed by atoms with Crippen LogP contribution >= 0.6 is 0 Å². The lowest BCUT2D eigenvalue weighted by molar-refractivity contribution is -0.149. The van der Waals surface area contributed by atoms with E-state index in [0.717, 1.165) is 0 Å². The van der Waals surface area contributed by atoms with E-state index in [2.05, 4.69) is 33.9 Å². The Morgan fingerprint density at radius 1 is 1.10 bits per heavy atom. The molecule has 0 aromatic carbocycles. The molecule has 0 fully saturated rings. The van der Waals surface area contributed by atoms with Crippen LogP contribution in [0, 0.1) is 0 Å². The number of rotatable bonds is 4. The Hall–Kier alpha value is -0.613. The molecule has 0 radical (unpaired) electrons. The Labute approximate surface area is 125 Å². The predicted molar refractivity (Wildman–Crippen MR) is 87.3 cm³/mol. The maximum atomic E-state index is 11.9. The Morgan fingerprint density at radius 3 is 1.90 bits per heavy atom. The quantitative estimate of drug-likeness (QED) is 0.429. The molecule has 0 spiro atoms. The molecule has 0 aliphatic carbocycles. The summed E-state index contributed by atoms with van der Waals surface area (Å²) in [5.74, 6) is -0.275. The van der Waals surface area contributed by atoms with Crippen LogP contribution in [0.4, 0.5) is 0 Å². The van der Waals surface area contributed by atoms with Gasteiger partial charge in [-0.15, -0.1) is 0 Å². The molecule has 0 saturated carbocycles. The number of esters is 1. The lowest BCUT2D eigenvalue weighted by Gasteiger charge is -2.38. The van der Waals surface area contributed by atoms with Crippen LogP contribution in [-0.2, 0) is 14.0 Å². The molecular weight excluding hydrogens is 268 g/mol. The summed E-state index contributed by atoms with van der Waals surface area (Å²) in [6, 6.07) is 0. The van der Waals surface area contributed by atoms with Crippen molar-refractivity contribution in [3.05, 3.63) is 11.6 Å². The zero-order valence-corrected chi connectivity index (χ0v) is 15.9. The van der Waals surface area contributed by atoms with Crippen molar-refractivity contribution in [3.8, 4) is 0 Å². The fraction of sp³-hybridized carbons (Fsp3) is 0.812. The zero-order valence-electron chi connectivity index (χ0n) is 14.9. The summed E-state index contributed by atoms with van der Waals surface area (Å²) in [4.78, 5) is 11.9. The smallest absolute Gasteiger partial charge is 0.334 e. The standard InChI is InChI=1S/C16H32O3Si/c1-12(14(17)18-15(3,4)5)11-13(2)19-20(9,10)16(6,7)8/h11,13H,1-10H3/b12-11+/t13-/m0/s1. The molecule has 0 aromatic rings. The molecule has 20 heavy (non-hydrogen) atoms. The van der Waals surface area contributed by atoms with Crippen molar-refractivity contribution in [2.45, 2.75) is 85.2 Å². The van der Waals surface area contributed by atoms with Gasteiger partial charge in [0.2, 0.25) is 0 Å². The second-order valence-electron chi connectivity index (χ2n) is 7.93. The van der Waals surface area contributed by atoms with Gasteiger partial charge in [-0.05, 0) is 58.8 Å². The van der Waals surface area contributed by atoms with Crippen LogP contribution in [0.1, 0.15) is 55.4 Å². The van der Waals surface area contributed by atoms with Crippen LogP contribution in [0.15, 0.2) is 11.6 Å². The summed E-state index contributed by atoms with van der Waals surface area (Å²) in [5.41, 5.74) is 0.140. The normalized spacial score (nSPS) is 16.0. The molecule has 0 aromatic heterocycles. The minimum Gasteiger partial charge on any atom is -0.457 e. The molecule has 4 heteroatoms. The van der Waals surface area contributed by atoms with E-state index in [1.165, 1.54) is 0 Å². The van der Waals surface area contributed by atoms with Crippen molar-refractivity contribution >= 4 is 14.3 Å². The van der Waals surface area contributed by atoms with E-state index >= 15 is 0 Å². The summed E-state index contributed by atoms with van der Waals surface area (Å²) in [6.45, 7) is 20.4. The topological polar surface area (TPSA) is 35.5 Å². The second kappa shape index (κ2) is 6.44. The van der Waals surface area contributed by atoms with E-state index in [1.807, 2.05) is 33.8 Å². The number of hydrogen-bond acceptors (Lipinski definition) is 3. The third-order valence-electron chi connectivity index (χ3n) is 3.49. The number of carbonyl (C=O) groups is 1. The van der Waals surface area contributed by atoms with Crippen molar-refractivity contribution in [3.63, 3.8) is 0 Å². The molecule has 1 atom stereocenters. The molecule has 0 aliphatic rings. The Kier molecular flexibility index (Phi) is 6.24. The predicted octanol–water partition coefficient (Wildman–Crippen LogP) is 4.68. The van der Waals surface area contributed by atoms with Crippen molar-refractivity contribution in [2.24, 2.45) is 0 Å². The van der Waals surface area contributed by atoms with Gasteiger partial charge in [-0.2, -0.15) is 0 Å². The highest BCUT2D eigenvalue weighted by atomic mass is 28.4.